The Kier molecular flexibility index (Phi) is 11.6. The van der Waals surface area contributed by atoms with Crippen LogP contribution in [0.5, 0.6) is 5.75 Å². The molecule has 3 aromatic carbocycles. The number of aromatic nitrogens is 3. The highest BCUT2D eigenvalue weighted by molar-refractivity contribution is 8.13. The summed E-state index contributed by atoms with van der Waals surface area (Å²) in [6.07, 6.45) is -0.955. The number of halogens is 3. The van der Waals surface area contributed by atoms with E-state index >= 15 is 0 Å². The van der Waals surface area contributed by atoms with Crippen molar-refractivity contribution in [3.63, 3.8) is 0 Å². The van der Waals surface area contributed by atoms with Crippen LogP contribution in [0, 0.1) is 6.92 Å². The molecule has 4 rings (SSSR count). The Balaban J connectivity index is 1.40. The predicted molar refractivity (Wildman–Crippen MR) is 178 cm³/mol. The molecule has 0 atom stereocenters. The van der Waals surface area contributed by atoms with Crippen LogP contribution in [0.25, 0.3) is 17.1 Å². The van der Waals surface area contributed by atoms with Crippen molar-refractivity contribution in [1.29, 1.82) is 0 Å². The number of nitrogens with one attached hydrogen (secondary N) is 1. The second-order valence-electron chi connectivity index (χ2n) is 10.7. The first-order valence-corrected chi connectivity index (χ1v) is 15.8. The maximum absolute atomic E-state index is 13.4. The average Bonchev–Trinajstić information content (AvgIpc) is 3.49. The molecule has 0 spiro atoms. The molecule has 1 N–H and O–H groups in total. The van der Waals surface area contributed by atoms with Crippen molar-refractivity contribution in [1.82, 2.24) is 25.0 Å². The van der Waals surface area contributed by atoms with E-state index in [0.717, 1.165) is 33.7 Å². The maximum Gasteiger partial charge on any atom is 0.573 e. The van der Waals surface area contributed by atoms with Gasteiger partial charge in [-0.15, -0.1) is 24.8 Å². The fourth-order valence-corrected chi connectivity index (χ4v) is 5.18. The number of aliphatic imine (C=N–C) groups is 1. The Morgan fingerprint density at radius 3 is 2.48 bits per heavy atom. The van der Waals surface area contributed by atoms with Crippen LogP contribution in [0.2, 0.25) is 0 Å². The van der Waals surface area contributed by atoms with Crippen LogP contribution in [-0.4, -0.2) is 56.1 Å². The number of ether oxygens (including phenoxy) is 1. The van der Waals surface area contributed by atoms with Gasteiger partial charge >= 0.3 is 12.4 Å². The Hall–Kier alpha value is -4.58. The molecule has 1 heterocycles. The molecular formula is C34H37F3N6O2S. The minimum atomic E-state index is -4.75. The van der Waals surface area contributed by atoms with Gasteiger partial charge in [-0.2, -0.15) is 0 Å². The Morgan fingerprint density at radius 1 is 1.13 bits per heavy atom. The zero-order valence-corrected chi connectivity index (χ0v) is 27.0. The van der Waals surface area contributed by atoms with E-state index in [-0.39, 0.29) is 11.8 Å². The summed E-state index contributed by atoms with van der Waals surface area (Å²) in [7, 11) is 0. The van der Waals surface area contributed by atoms with Crippen molar-refractivity contribution in [3.05, 3.63) is 102 Å². The Morgan fingerprint density at radius 2 is 1.85 bits per heavy atom. The van der Waals surface area contributed by atoms with Crippen molar-refractivity contribution >= 4 is 28.6 Å². The molecule has 4 aromatic rings. The third kappa shape index (κ3) is 9.71. The standard InChI is InChI=1S/C34H37F3N6O2S/c1-6-19-42(33(44)40-32(46-7-2)39-30-21-24(5)8-17-29(30)23(3)4)20-18-25-9-11-26(12-10-25)31-38-22-43(41-31)27-13-15-28(16-14-27)45-34(35,36)37/h6,8-17,21-23H,1,7,18-20H2,2-5H3,(H,39,40,44). The number of amidine groups is 1. The fourth-order valence-electron chi connectivity index (χ4n) is 4.59. The van der Waals surface area contributed by atoms with Gasteiger partial charge < -0.3 is 9.64 Å². The maximum atomic E-state index is 13.4. The number of amides is 2. The summed E-state index contributed by atoms with van der Waals surface area (Å²) in [6.45, 7) is 13.0. The summed E-state index contributed by atoms with van der Waals surface area (Å²) >= 11 is 1.48. The number of hydrogen-bond donors (Lipinski definition) is 1. The lowest BCUT2D eigenvalue weighted by Gasteiger charge is -2.22. The molecule has 0 saturated heterocycles. The second-order valence-corrected chi connectivity index (χ2v) is 12.0. The number of urea groups is 1. The van der Waals surface area contributed by atoms with Gasteiger partial charge in [-0.1, -0.05) is 75.0 Å². The van der Waals surface area contributed by atoms with Gasteiger partial charge in [0.2, 0.25) is 0 Å². The molecule has 46 heavy (non-hydrogen) atoms. The molecule has 1 aromatic heterocycles. The van der Waals surface area contributed by atoms with Crippen LogP contribution >= 0.6 is 11.8 Å². The third-order valence-corrected chi connectivity index (χ3v) is 7.63. The van der Waals surface area contributed by atoms with Crippen molar-refractivity contribution in [2.24, 2.45) is 4.99 Å². The Labute approximate surface area is 271 Å². The van der Waals surface area contributed by atoms with Crippen LogP contribution in [0.4, 0.5) is 23.7 Å². The van der Waals surface area contributed by atoms with Gasteiger partial charge in [-0.25, -0.2) is 19.5 Å². The number of benzene rings is 3. The van der Waals surface area contributed by atoms with E-state index in [1.54, 1.807) is 11.0 Å². The summed E-state index contributed by atoms with van der Waals surface area (Å²) < 4.78 is 42.7. The molecule has 0 aliphatic rings. The zero-order valence-electron chi connectivity index (χ0n) is 26.2. The summed E-state index contributed by atoms with van der Waals surface area (Å²) in [5.41, 5.74) is 5.41. The van der Waals surface area contributed by atoms with E-state index in [2.05, 4.69) is 52.7 Å². The molecule has 0 radical (unpaired) electrons. The number of rotatable bonds is 11. The molecule has 0 saturated carbocycles. The monoisotopic (exact) mass is 650 g/mol. The zero-order chi connectivity index (χ0) is 33.3. The first-order valence-electron chi connectivity index (χ1n) is 14.8. The average molecular weight is 651 g/mol. The van der Waals surface area contributed by atoms with Crippen molar-refractivity contribution in [2.75, 3.05) is 18.8 Å². The molecular weight excluding hydrogens is 613 g/mol. The van der Waals surface area contributed by atoms with Crippen LogP contribution in [0.15, 0.2) is 90.7 Å². The topological polar surface area (TPSA) is 84.6 Å². The van der Waals surface area contributed by atoms with Crippen LogP contribution in [0.1, 0.15) is 43.4 Å². The first kappa shape index (κ1) is 34.3. The van der Waals surface area contributed by atoms with Crippen LogP contribution in [-0.2, 0) is 6.42 Å². The summed E-state index contributed by atoms with van der Waals surface area (Å²) in [4.78, 5) is 24.2. The van der Waals surface area contributed by atoms with Crippen molar-refractivity contribution in [2.45, 2.75) is 46.4 Å². The molecule has 0 fully saturated rings. The quantitative estimate of drug-likeness (QED) is 0.100. The van der Waals surface area contributed by atoms with Gasteiger partial charge in [-0.3, -0.25) is 5.32 Å². The van der Waals surface area contributed by atoms with Crippen molar-refractivity contribution in [3.8, 4) is 22.8 Å². The first-order chi connectivity index (χ1) is 22.0. The lowest BCUT2D eigenvalue weighted by atomic mass is 10.00. The second kappa shape index (κ2) is 15.6. The Bertz CT molecular complexity index is 1650. The van der Waals surface area contributed by atoms with E-state index in [9.17, 15) is 18.0 Å². The predicted octanol–water partition coefficient (Wildman–Crippen LogP) is 8.45. The van der Waals surface area contributed by atoms with Gasteiger partial charge in [0.15, 0.2) is 11.0 Å². The molecule has 0 unspecified atom stereocenters. The minimum absolute atomic E-state index is 0.247. The highest BCUT2D eigenvalue weighted by Gasteiger charge is 2.31. The van der Waals surface area contributed by atoms with Gasteiger partial charge in [0.25, 0.3) is 0 Å². The minimum Gasteiger partial charge on any atom is -0.406 e. The fraction of sp³-hybridized carbons (Fsp3) is 0.294. The normalized spacial score (nSPS) is 11.9. The third-order valence-electron chi connectivity index (χ3n) is 6.87. The highest BCUT2D eigenvalue weighted by atomic mass is 32.2. The van der Waals surface area contributed by atoms with Gasteiger partial charge in [-0.05, 0) is 72.0 Å². The number of alkyl halides is 3. The molecule has 2 amide bonds. The van der Waals surface area contributed by atoms with E-state index in [0.29, 0.717) is 42.1 Å². The number of nitrogens with zero attached hydrogens (tertiary/aromatic N) is 5. The SMILES string of the molecule is C=CCN(CCc1ccc(-c2ncn(-c3ccc(OC(F)(F)F)cc3)n2)cc1)C(=O)NC(=Nc1cc(C)ccc1C(C)C)SCC. The van der Waals surface area contributed by atoms with Crippen LogP contribution in [0.3, 0.4) is 0 Å². The van der Waals surface area contributed by atoms with Gasteiger partial charge in [0, 0.05) is 18.7 Å². The van der Waals surface area contributed by atoms with Crippen LogP contribution < -0.4 is 10.1 Å². The van der Waals surface area contributed by atoms with E-state index in [4.69, 9.17) is 4.99 Å². The summed E-state index contributed by atoms with van der Waals surface area (Å²) in [5, 5.41) is 8.02. The lowest BCUT2D eigenvalue weighted by Crippen LogP contribution is -2.43. The molecule has 0 aliphatic heterocycles. The van der Waals surface area contributed by atoms with E-state index in [1.165, 1.54) is 47.0 Å². The molecule has 8 nitrogen and oxygen atoms in total. The van der Waals surface area contributed by atoms with Crippen molar-refractivity contribution < 1.29 is 22.7 Å². The summed E-state index contributed by atoms with van der Waals surface area (Å²) in [5.74, 6) is 1.20. The van der Waals surface area contributed by atoms with Gasteiger partial charge in [0.1, 0.15) is 12.1 Å². The highest BCUT2D eigenvalue weighted by Crippen LogP contribution is 2.29. The number of hydrogen-bond acceptors (Lipinski definition) is 6. The lowest BCUT2D eigenvalue weighted by molar-refractivity contribution is -0.274. The largest absolute Gasteiger partial charge is 0.573 e. The molecule has 242 valence electrons. The summed E-state index contributed by atoms with van der Waals surface area (Å²) in [6, 6.07) is 19.0. The van der Waals surface area contributed by atoms with E-state index in [1.807, 2.05) is 44.2 Å². The van der Waals surface area contributed by atoms with E-state index < -0.39 is 6.36 Å². The number of carbonyl (C=O) groups excluding carboxylic acids is 1. The molecule has 0 bridgehead atoms. The molecule has 0 aliphatic carbocycles. The number of carbonyl (C=O) groups is 1. The molecule has 12 heteroatoms. The van der Waals surface area contributed by atoms with Gasteiger partial charge in [0.05, 0.1) is 11.4 Å². The number of thioether (sulfide) groups is 1. The smallest absolute Gasteiger partial charge is 0.406 e. The number of aryl methyl sites for hydroxylation is 1.